The molecule has 5 rings (SSSR count). The van der Waals surface area contributed by atoms with Gasteiger partial charge in [0.2, 0.25) is 23.6 Å². The number of aliphatic carboxylic acids is 2. The number of imide groups is 2. The zero-order valence-electron chi connectivity index (χ0n) is 25.4. The molecule has 4 aliphatic rings. The fourth-order valence-electron chi connectivity index (χ4n) is 7.91. The van der Waals surface area contributed by atoms with Gasteiger partial charge in [0.15, 0.2) is 11.5 Å². The first-order valence-corrected chi connectivity index (χ1v) is 15.8. The Hall–Kier alpha value is -4.22. The summed E-state index contributed by atoms with van der Waals surface area (Å²) in [7, 11) is 1.42. The molecule has 1 aromatic carbocycles. The number of benzene rings is 1. The number of carbonyl (C=O) groups is 6. The Morgan fingerprint density at radius 2 is 1.36 bits per heavy atom. The molecule has 0 spiro atoms. The van der Waals surface area contributed by atoms with Gasteiger partial charge in [0.1, 0.15) is 0 Å². The summed E-state index contributed by atoms with van der Waals surface area (Å²) in [5, 5.41) is 29.1. The molecule has 2 heterocycles. The number of allylic oxidation sites excluding steroid dienone is 2. The average molecular weight is 625 g/mol. The first-order valence-electron chi connectivity index (χ1n) is 15.8. The van der Waals surface area contributed by atoms with Crippen LogP contribution in [0.1, 0.15) is 75.7 Å². The smallest absolute Gasteiger partial charge is 0.303 e. The number of amides is 4. The number of phenols is 1. The van der Waals surface area contributed by atoms with Crippen molar-refractivity contribution in [2.45, 2.75) is 70.1 Å². The van der Waals surface area contributed by atoms with Gasteiger partial charge < -0.3 is 20.1 Å². The molecule has 4 amide bonds. The van der Waals surface area contributed by atoms with Crippen molar-refractivity contribution in [3.05, 3.63) is 35.4 Å². The van der Waals surface area contributed by atoms with Gasteiger partial charge in [-0.3, -0.25) is 38.6 Å². The van der Waals surface area contributed by atoms with Crippen LogP contribution in [-0.4, -0.2) is 80.9 Å². The van der Waals surface area contributed by atoms with E-state index in [-0.39, 0.29) is 67.5 Å². The fraction of sp³-hybridized carbons (Fsp3) is 0.576. The number of methoxy groups -OCH3 is 1. The number of fused-ring (bicyclic) bond motifs is 4. The van der Waals surface area contributed by atoms with Crippen LogP contribution in [0.25, 0.3) is 0 Å². The topological polar surface area (TPSA) is 179 Å². The van der Waals surface area contributed by atoms with Gasteiger partial charge in [-0.1, -0.05) is 36.6 Å². The number of likely N-dealkylation sites (tertiary alicyclic amines) is 2. The quantitative estimate of drug-likeness (QED) is 0.158. The second kappa shape index (κ2) is 13.4. The van der Waals surface area contributed by atoms with E-state index >= 15 is 0 Å². The SMILES string of the molecule is COc1cccc(C2C3=CCC4C(=O)N(CCCCCC(=O)O)C(=O)C4C3CC3C(=O)N(CCCCCC(=O)O)C(=O)C32)c1O. The summed E-state index contributed by atoms with van der Waals surface area (Å²) in [6.45, 7) is 0.357. The van der Waals surface area contributed by atoms with Crippen LogP contribution in [-0.2, 0) is 28.8 Å². The van der Waals surface area contributed by atoms with Crippen LogP contribution in [0.4, 0.5) is 0 Å². The number of hydrogen-bond donors (Lipinski definition) is 3. The fourth-order valence-corrected chi connectivity index (χ4v) is 7.91. The average Bonchev–Trinajstić information content (AvgIpc) is 3.39. The molecule has 3 N–H and O–H groups in total. The van der Waals surface area contributed by atoms with Crippen molar-refractivity contribution in [2.75, 3.05) is 20.2 Å². The molecular weight excluding hydrogens is 584 g/mol. The zero-order valence-corrected chi connectivity index (χ0v) is 25.4. The maximum absolute atomic E-state index is 14.0. The molecule has 242 valence electrons. The van der Waals surface area contributed by atoms with Gasteiger partial charge in [0.25, 0.3) is 0 Å². The number of rotatable bonds is 14. The highest BCUT2D eigenvalue weighted by Gasteiger charge is 2.62. The van der Waals surface area contributed by atoms with E-state index in [2.05, 4.69) is 0 Å². The molecule has 6 unspecified atom stereocenters. The first kappa shape index (κ1) is 32.2. The van der Waals surface area contributed by atoms with E-state index in [4.69, 9.17) is 14.9 Å². The summed E-state index contributed by atoms with van der Waals surface area (Å²) in [5.74, 6) is -7.00. The summed E-state index contributed by atoms with van der Waals surface area (Å²) in [6.07, 6.45) is 5.42. The zero-order chi connectivity index (χ0) is 32.4. The first-order chi connectivity index (χ1) is 21.6. The van der Waals surface area contributed by atoms with Crippen LogP contribution in [0.5, 0.6) is 11.5 Å². The maximum Gasteiger partial charge on any atom is 0.303 e. The molecule has 1 aromatic rings. The molecule has 2 aliphatic heterocycles. The minimum atomic E-state index is -0.902. The number of nitrogens with zero attached hydrogens (tertiary/aromatic N) is 2. The van der Waals surface area contributed by atoms with Crippen molar-refractivity contribution in [2.24, 2.45) is 29.6 Å². The summed E-state index contributed by atoms with van der Waals surface area (Å²) in [5.41, 5.74) is 1.20. The van der Waals surface area contributed by atoms with Crippen LogP contribution in [0.3, 0.4) is 0 Å². The van der Waals surface area contributed by atoms with E-state index in [0.717, 1.165) is 5.57 Å². The number of aromatic hydroxyl groups is 1. The van der Waals surface area contributed by atoms with Gasteiger partial charge in [-0.05, 0) is 50.5 Å². The van der Waals surface area contributed by atoms with E-state index in [1.165, 1.54) is 16.9 Å². The highest BCUT2D eigenvalue weighted by Crippen LogP contribution is 2.59. The number of carboxylic acids is 2. The largest absolute Gasteiger partial charge is 0.504 e. The number of carbonyl (C=O) groups excluding carboxylic acids is 4. The van der Waals surface area contributed by atoms with Crippen molar-refractivity contribution in [3.63, 3.8) is 0 Å². The van der Waals surface area contributed by atoms with Crippen LogP contribution in [0.15, 0.2) is 29.8 Å². The number of carboxylic acid groups (broad SMARTS) is 2. The standard InChI is InChI=1S/C33H40N2O10/c1-45-23-10-8-9-19(29(23)40)26-18-13-14-20-27(32(43)34(30(20)41)15-6-2-4-11-24(36)37)21(18)17-22-28(26)33(44)35(31(22)42)16-7-3-5-12-25(38)39/h8-10,13,20-22,26-28,40H,2-7,11-12,14-17H2,1H3,(H,36,37)(H,38,39). The monoisotopic (exact) mass is 624 g/mol. The Kier molecular flexibility index (Phi) is 9.59. The van der Waals surface area contributed by atoms with E-state index in [1.54, 1.807) is 18.2 Å². The van der Waals surface area contributed by atoms with Crippen molar-refractivity contribution in [1.82, 2.24) is 9.80 Å². The van der Waals surface area contributed by atoms with Gasteiger partial charge in [0, 0.05) is 37.4 Å². The summed E-state index contributed by atoms with van der Waals surface area (Å²) in [4.78, 5) is 79.4. The third-order valence-corrected chi connectivity index (χ3v) is 9.96. The summed E-state index contributed by atoms with van der Waals surface area (Å²) in [6, 6.07) is 5.00. The van der Waals surface area contributed by atoms with Crippen molar-refractivity contribution in [3.8, 4) is 11.5 Å². The highest BCUT2D eigenvalue weighted by atomic mass is 16.5. The van der Waals surface area contributed by atoms with Gasteiger partial charge in [-0.25, -0.2) is 0 Å². The number of unbranched alkanes of at least 4 members (excludes halogenated alkanes) is 4. The lowest BCUT2D eigenvalue weighted by Gasteiger charge is -2.44. The normalized spacial score (nSPS) is 27.3. The van der Waals surface area contributed by atoms with E-state index in [9.17, 15) is 33.9 Å². The third-order valence-electron chi connectivity index (χ3n) is 9.96. The number of para-hydroxylation sites is 1. The molecule has 3 fully saturated rings. The molecule has 12 heteroatoms. The molecule has 12 nitrogen and oxygen atoms in total. The van der Waals surface area contributed by atoms with Crippen LogP contribution >= 0.6 is 0 Å². The second-order valence-corrected chi connectivity index (χ2v) is 12.5. The predicted molar refractivity (Wildman–Crippen MR) is 158 cm³/mol. The van der Waals surface area contributed by atoms with Crippen molar-refractivity contribution >= 4 is 35.6 Å². The lowest BCUT2D eigenvalue weighted by molar-refractivity contribution is -0.142. The summed E-state index contributed by atoms with van der Waals surface area (Å²) >= 11 is 0. The Labute approximate surface area is 261 Å². The number of hydrogen-bond acceptors (Lipinski definition) is 8. The van der Waals surface area contributed by atoms with Gasteiger partial charge in [0.05, 0.1) is 30.8 Å². The number of phenolic OH excluding ortho intramolecular Hbond substituents is 1. The third kappa shape index (κ3) is 6.06. The predicted octanol–water partition coefficient (Wildman–Crippen LogP) is 3.33. The highest BCUT2D eigenvalue weighted by molar-refractivity contribution is 6.08. The molecular formula is C33H40N2O10. The van der Waals surface area contributed by atoms with Crippen LogP contribution < -0.4 is 4.74 Å². The van der Waals surface area contributed by atoms with Gasteiger partial charge in [-0.2, -0.15) is 0 Å². The van der Waals surface area contributed by atoms with Gasteiger partial charge in [-0.15, -0.1) is 0 Å². The maximum atomic E-state index is 14.0. The Morgan fingerprint density at radius 3 is 1.93 bits per heavy atom. The second-order valence-electron chi connectivity index (χ2n) is 12.5. The summed E-state index contributed by atoms with van der Waals surface area (Å²) < 4.78 is 5.36. The van der Waals surface area contributed by atoms with E-state index < -0.39 is 47.4 Å². The van der Waals surface area contributed by atoms with Crippen molar-refractivity contribution < 1.29 is 48.8 Å². The van der Waals surface area contributed by atoms with Gasteiger partial charge >= 0.3 is 11.9 Å². The lowest BCUT2D eigenvalue weighted by atomic mass is 9.57. The number of ether oxygens (including phenoxy) is 1. The molecule has 0 aromatic heterocycles. The Balaban J connectivity index is 1.43. The lowest BCUT2D eigenvalue weighted by Crippen LogP contribution is -2.43. The van der Waals surface area contributed by atoms with E-state index in [0.29, 0.717) is 50.5 Å². The minimum absolute atomic E-state index is 0.00875. The molecule has 0 radical (unpaired) electrons. The van der Waals surface area contributed by atoms with Crippen LogP contribution in [0.2, 0.25) is 0 Å². The Morgan fingerprint density at radius 1 is 0.778 bits per heavy atom. The molecule has 0 bridgehead atoms. The van der Waals surface area contributed by atoms with Crippen LogP contribution in [0, 0.1) is 29.6 Å². The van der Waals surface area contributed by atoms with E-state index in [1.807, 2.05) is 6.08 Å². The molecule has 1 saturated carbocycles. The molecule has 45 heavy (non-hydrogen) atoms. The van der Waals surface area contributed by atoms with Crippen molar-refractivity contribution in [1.29, 1.82) is 0 Å². The minimum Gasteiger partial charge on any atom is -0.504 e. The molecule has 2 aliphatic carbocycles. The molecule has 6 atom stereocenters. The Bertz CT molecular complexity index is 1420. The molecule has 2 saturated heterocycles.